The van der Waals surface area contributed by atoms with Gasteiger partial charge in [0.05, 0.1) is 4.90 Å². The minimum absolute atomic E-state index is 0.174. The molecule has 0 fully saturated rings. The summed E-state index contributed by atoms with van der Waals surface area (Å²) in [4.78, 5) is 11.2. The number of ketones is 1. The van der Waals surface area contributed by atoms with Gasteiger partial charge < -0.3 is 0 Å². The minimum atomic E-state index is -3.53. The molecule has 0 heterocycles. The van der Waals surface area contributed by atoms with E-state index in [1.165, 1.54) is 26.0 Å². The lowest BCUT2D eigenvalue weighted by Crippen LogP contribution is -2.25. The predicted molar refractivity (Wildman–Crippen MR) is 61.5 cm³/mol. The van der Waals surface area contributed by atoms with Gasteiger partial charge in [-0.1, -0.05) is 15.9 Å². The fourth-order valence-corrected chi connectivity index (χ4v) is 2.67. The first kappa shape index (κ1) is 12.4. The molecular formula is C10H11BrO3S. The second-order valence-electron chi connectivity index (χ2n) is 3.25. The molecule has 0 spiro atoms. The van der Waals surface area contributed by atoms with Crippen LogP contribution in [-0.4, -0.2) is 19.5 Å². The molecule has 0 aliphatic rings. The molecule has 0 aliphatic heterocycles. The molecule has 3 nitrogen and oxygen atoms in total. The van der Waals surface area contributed by atoms with Crippen LogP contribution < -0.4 is 0 Å². The standard InChI is InChI=1S/C10H11BrO3S/c1-7(12)8(2)15(13,14)10-5-3-9(11)4-6-10/h3-6,8H,1-2H3. The second kappa shape index (κ2) is 4.45. The van der Waals surface area contributed by atoms with E-state index in [1.54, 1.807) is 12.1 Å². The number of Topliss-reactive ketones (excluding diaryl/α,β-unsaturated/α-hetero) is 1. The highest BCUT2D eigenvalue weighted by molar-refractivity contribution is 9.10. The maximum atomic E-state index is 11.8. The lowest BCUT2D eigenvalue weighted by atomic mass is 10.3. The van der Waals surface area contributed by atoms with Gasteiger partial charge in [0.2, 0.25) is 0 Å². The van der Waals surface area contributed by atoms with Crippen molar-refractivity contribution in [3.63, 3.8) is 0 Å². The van der Waals surface area contributed by atoms with E-state index in [-0.39, 0.29) is 10.7 Å². The Morgan fingerprint density at radius 3 is 2.13 bits per heavy atom. The van der Waals surface area contributed by atoms with Gasteiger partial charge in [0.25, 0.3) is 0 Å². The van der Waals surface area contributed by atoms with E-state index in [0.717, 1.165) is 4.47 Å². The smallest absolute Gasteiger partial charge is 0.188 e. The molecule has 0 radical (unpaired) electrons. The van der Waals surface area contributed by atoms with Crippen LogP contribution >= 0.6 is 15.9 Å². The van der Waals surface area contributed by atoms with Crippen LogP contribution in [0.15, 0.2) is 33.6 Å². The lowest BCUT2D eigenvalue weighted by Gasteiger charge is -2.09. The molecule has 82 valence electrons. The molecule has 0 saturated heterocycles. The third-order valence-electron chi connectivity index (χ3n) is 2.18. The summed E-state index contributed by atoms with van der Waals surface area (Å²) in [6.07, 6.45) is 0. The first-order chi connectivity index (χ1) is 6.85. The first-order valence-electron chi connectivity index (χ1n) is 4.35. The molecule has 0 aliphatic carbocycles. The molecule has 15 heavy (non-hydrogen) atoms. The zero-order valence-corrected chi connectivity index (χ0v) is 10.8. The zero-order chi connectivity index (χ0) is 11.6. The summed E-state index contributed by atoms with van der Waals surface area (Å²) in [6.45, 7) is 2.68. The van der Waals surface area contributed by atoms with Crippen LogP contribution in [0.25, 0.3) is 0 Å². The number of halogens is 1. The quantitative estimate of drug-likeness (QED) is 0.858. The van der Waals surface area contributed by atoms with E-state index in [4.69, 9.17) is 0 Å². The van der Waals surface area contributed by atoms with Gasteiger partial charge in [0.15, 0.2) is 9.84 Å². The van der Waals surface area contributed by atoms with Gasteiger partial charge in [-0.05, 0) is 38.1 Å². The summed E-state index contributed by atoms with van der Waals surface area (Å²) in [6, 6.07) is 6.25. The van der Waals surface area contributed by atoms with E-state index in [2.05, 4.69) is 15.9 Å². The number of carbonyl (C=O) groups excluding carboxylic acids is 1. The lowest BCUT2D eigenvalue weighted by molar-refractivity contribution is -0.116. The van der Waals surface area contributed by atoms with E-state index < -0.39 is 15.1 Å². The third-order valence-corrected chi connectivity index (χ3v) is 4.90. The summed E-state index contributed by atoms with van der Waals surface area (Å²) >= 11 is 3.22. The minimum Gasteiger partial charge on any atom is -0.299 e. The molecular weight excluding hydrogens is 280 g/mol. The average Bonchev–Trinajstić information content (AvgIpc) is 2.17. The number of sulfone groups is 1. The van der Waals surface area contributed by atoms with Crippen LogP contribution in [0.3, 0.4) is 0 Å². The highest BCUT2D eigenvalue weighted by Gasteiger charge is 2.26. The normalized spacial score (nSPS) is 13.5. The third kappa shape index (κ3) is 2.66. The summed E-state index contributed by atoms with van der Waals surface area (Å²) in [7, 11) is -3.53. The Hall–Kier alpha value is -0.680. The van der Waals surface area contributed by atoms with Crippen LogP contribution in [0.1, 0.15) is 13.8 Å². The van der Waals surface area contributed by atoms with Crippen LogP contribution in [-0.2, 0) is 14.6 Å². The number of hydrogen-bond donors (Lipinski definition) is 0. The number of carbonyl (C=O) groups is 1. The van der Waals surface area contributed by atoms with Gasteiger partial charge in [0.1, 0.15) is 11.0 Å². The van der Waals surface area contributed by atoms with Gasteiger partial charge in [-0.2, -0.15) is 0 Å². The Labute approximate surface area is 97.5 Å². The summed E-state index contributed by atoms with van der Waals surface area (Å²) in [5.41, 5.74) is 0. The van der Waals surface area contributed by atoms with Crippen molar-refractivity contribution in [1.82, 2.24) is 0 Å². The van der Waals surface area contributed by atoms with Gasteiger partial charge in [0, 0.05) is 4.47 Å². The van der Waals surface area contributed by atoms with Crippen molar-refractivity contribution in [2.45, 2.75) is 24.0 Å². The average molecular weight is 291 g/mol. The largest absolute Gasteiger partial charge is 0.299 e. The molecule has 1 rings (SSSR count). The Kier molecular flexibility index (Phi) is 3.67. The van der Waals surface area contributed by atoms with Gasteiger partial charge in [-0.25, -0.2) is 8.42 Å². The highest BCUT2D eigenvalue weighted by atomic mass is 79.9. The monoisotopic (exact) mass is 290 g/mol. The van der Waals surface area contributed by atoms with Gasteiger partial charge in [-0.3, -0.25) is 4.79 Å². The number of benzene rings is 1. The SMILES string of the molecule is CC(=O)C(C)S(=O)(=O)c1ccc(Br)cc1. The molecule has 0 saturated carbocycles. The molecule has 0 aromatic heterocycles. The van der Waals surface area contributed by atoms with Crippen LogP contribution in [0.2, 0.25) is 0 Å². The molecule has 1 aromatic carbocycles. The number of hydrogen-bond acceptors (Lipinski definition) is 3. The van der Waals surface area contributed by atoms with E-state index in [1.807, 2.05) is 0 Å². The van der Waals surface area contributed by atoms with E-state index >= 15 is 0 Å². The molecule has 5 heteroatoms. The maximum absolute atomic E-state index is 11.8. The molecule has 0 bridgehead atoms. The summed E-state index contributed by atoms with van der Waals surface area (Å²) < 4.78 is 24.5. The topological polar surface area (TPSA) is 51.2 Å². The number of rotatable bonds is 3. The predicted octanol–water partition coefficient (Wildman–Crippen LogP) is 2.20. The molecule has 1 atom stereocenters. The Morgan fingerprint density at radius 1 is 1.27 bits per heavy atom. The Morgan fingerprint density at radius 2 is 1.73 bits per heavy atom. The van der Waals surface area contributed by atoms with Crippen molar-refractivity contribution in [2.75, 3.05) is 0 Å². The van der Waals surface area contributed by atoms with Gasteiger partial charge >= 0.3 is 0 Å². The zero-order valence-electron chi connectivity index (χ0n) is 8.40. The maximum Gasteiger partial charge on any atom is 0.188 e. The Bertz CT molecular complexity index is 462. The molecule has 1 unspecified atom stereocenters. The van der Waals surface area contributed by atoms with Crippen LogP contribution in [0.4, 0.5) is 0 Å². The van der Waals surface area contributed by atoms with Crippen molar-refractivity contribution >= 4 is 31.6 Å². The first-order valence-corrected chi connectivity index (χ1v) is 6.69. The second-order valence-corrected chi connectivity index (χ2v) is 6.44. The van der Waals surface area contributed by atoms with Gasteiger partial charge in [-0.15, -0.1) is 0 Å². The van der Waals surface area contributed by atoms with Crippen LogP contribution in [0, 0.1) is 0 Å². The highest BCUT2D eigenvalue weighted by Crippen LogP contribution is 2.19. The van der Waals surface area contributed by atoms with Crippen molar-refractivity contribution in [2.24, 2.45) is 0 Å². The molecule has 0 amide bonds. The molecule has 0 N–H and O–H groups in total. The van der Waals surface area contributed by atoms with Crippen molar-refractivity contribution < 1.29 is 13.2 Å². The molecule has 1 aromatic rings. The summed E-state index contributed by atoms with van der Waals surface area (Å²) in [5, 5.41) is -0.987. The van der Waals surface area contributed by atoms with Crippen molar-refractivity contribution in [3.05, 3.63) is 28.7 Å². The van der Waals surface area contributed by atoms with Crippen molar-refractivity contribution in [3.8, 4) is 0 Å². The van der Waals surface area contributed by atoms with E-state index in [9.17, 15) is 13.2 Å². The fourth-order valence-electron chi connectivity index (χ4n) is 1.05. The summed E-state index contributed by atoms with van der Waals surface area (Å²) in [5.74, 6) is -0.349. The van der Waals surface area contributed by atoms with E-state index in [0.29, 0.717) is 0 Å². The van der Waals surface area contributed by atoms with Crippen LogP contribution in [0.5, 0.6) is 0 Å². The Balaban J connectivity index is 3.17. The fraction of sp³-hybridized carbons (Fsp3) is 0.300. The van der Waals surface area contributed by atoms with Crippen molar-refractivity contribution in [1.29, 1.82) is 0 Å².